The Morgan fingerprint density at radius 1 is 1.26 bits per heavy atom. The molecule has 3 aromatic rings. The molecule has 3 rings (SSSR count). The Morgan fingerprint density at radius 3 is 2.81 bits per heavy atom. The minimum absolute atomic E-state index is 0.0364. The Balaban J connectivity index is 1.59. The SMILES string of the molecule is Cc1ccc(NC(=O)CCCc2nc3ccccc3c(=O)[nH]2)cc1[N+](=O)[O-]. The average molecular weight is 366 g/mol. The van der Waals surface area contributed by atoms with E-state index in [1.54, 1.807) is 37.3 Å². The van der Waals surface area contributed by atoms with Crippen LogP contribution in [-0.2, 0) is 11.2 Å². The zero-order chi connectivity index (χ0) is 19.4. The Hall–Kier alpha value is -3.55. The quantitative estimate of drug-likeness (QED) is 0.513. The van der Waals surface area contributed by atoms with Crippen LogP contribution in [0.4, 0.5) is 11.4 Å². The molecule has 0 saturated carbocycles. The van der Waals surface area contributed by atoms with Crippen LogP contribution in [0.3, 0.4) is 0 Å². The number of fused-ring (bicyclic) bond motifs is 1. The molecule has 0 aliphatic carbocycles. The molecule has 1 aromatic heterocycles. The van der Waals surface area contributed by atoms with Crippen molar-refractivity contribution in [2.24, 2.45) is 0 Å². The van der Waals surface area contributed by atoms with E-state index in [1.807, 2.05) is 6.07 Å². The van der Waals surface area contributed by atoms with E-state index in [9.17, 15) is 19.7 Å². The molecule has 138 valence electrons. The van der Waals surface area contributed by atoms with Crippen molar-refractivity contribution < 1.29 is 9.72 Å². The Kier molecular flexibility index (Phi) is 5.25. The van der Waals surface area contributed by atoms with E-state index in [1.165, 1.54) is 6.07 Å². The van der Waals surface area contributed by atoms with Gasteiger partial charge in [0.15, 0.2) is 0 Å². The molecule has 0 radical (unpaired) electrons. The number of aromatic amines is 1. The van der Waals surface area contributed by atoms with Crippen molar-refractivity contribution in [1.82, 2.24) is 9.97 Å². The summed E-state index contributed by atoms with van der Waals surface area (Å²) in [5.41, 5.74) is 1.30. The first kappa shape index (κ1) is 18.2. The fourth-order valence-corrected chi connectivity index (χ4v) is 2.78. The van der Waals surface area contributed by atoms with Gasteiger partial charge in [-0.25, -0.2) is 4.98 Å². The Morgan fingerprint density at radius 2 is 2.04 bits per heavy atom. The fourth-order valence-electron chi connectivity index (χ4n) is 2.78. The molecule has 8 nitrogen and oxygen atoms in total. The number of nitrogens with one attached hydrogen (secondary N) is 2. The number of hydrogen-bond acceptors (Lipinski definition) is 5. The summed E-state index contributed by atoms with van der Waals surface area (Å²) < 4.78 is 0. The van der Waals surface area contributed by atoms with Crippen molar-refractivity contribution in [1.29, 1.82) is 0 Å². The van der Waals surface area contributed by atoms with Crippen LogP contribution in [0.25, 0.3) is 10.9 Å². The topological polar surface area (TPSA) is 118 Å². The van der Waals surface area contributed by atoms with Gasteiger partial charge in [0.2, 0.25) is 5.91 Å². The maximum absolute atomic E-state index is 12.1. The number of aromatic nitrogens is 2. The number of H-pyrrole nitrogens is 1. The molecule has 0 unspecified atom stereocenters. The summed E-state index contributed by atoms with van der Waals surface area (Å²) in [5, 5.41) is 14.1. The van der Waals surface area contributed by atoms with Crippen molar-refractivity contribution in [3.8, 4) is 0 Å². The van der Waals surface area contributed by atoms with Crippen LogP contribution < -0.4 is 10.9 Å². The average Bonchev–Trinajstić information content (AvgIpc) is 2.63. The molecule has 0 bridgehead atoms. The van der Waals surface area contributed by atoms with Crippen LogP contribution in [0.2, 0.25) is 0 Å². The van der Waals surface area contributed by atoms with Gasteiger partial charge in [0.05, 0.1) is 15.8 Å². The first-order chi connectivity index (χ1) is 12.9. The normalized spacial score (nSPS) is 10.7. The first-order valence-corrected chi connectivity index (χ1v) is 8.47. The van der Waals surface area contributed by atoms with Crippen LogP contribution in [-0.4, -0.2) is 20.8 Å². The lowest BCUT2D eigenvalue weighted by molar-refractivity contribution is -0.385. The number of amides is 1. The minimum atomic E-state index is -0.479. The lowest BCUT2D eigenvalue weighted by atomic mass is 10.1. The molecule has 1 heterocycles. The smallest absolute Gasteiger partial charge is 0.274 e. The number of nitro groups is 1. The Bertz CT molecular complexity index is 1070. The molecule has 0 atom stereocenters. The van der Waals surface area contributed by atoms with Crippen LogP contribution in [0, 0.1) is 17.0 Å². The molecule has 0 spiro atoms. The lowest BCUT2D eigenvalue weighted by Crippen LogP contribution is -2.14. The van der Waals surface area contributed by atoms with Gasteiger partial charge in [0.25, 0.3) is 11.2 Å². The van der Waals surface area contributed by atoms with Crippen LogP contribution in [0.1, 0.15) is 24.2 Å². The van der Waals surface area contributed by atoms with E-state index in [2.05, 4.69) is 15.3 Å². The van der Waals surface area contributed by atoms with Crippen LogP contribution in [0.15, 0.2) is 47.3 Å². The fraction of sp³-hybridized carbons (Fsp3) is 0.211. The molecule has 8 heteroatoms. The van der Waals surface area contributed by atoms with Gasteiger partial charge in [-0.05, 0) is 31.5 Å². The van der Waals surface area contributed by atoms with Crippen molar-refractivity contribution in [2.75, 3.05) is 5.32 Å². The van der Waals surface area contributed by atoms with E-state index in [0.29, 0.717) is 40.8 Å². The highest BCUT2D eigenvalue weighted by molar-refractivity contribution is 5.91. The number of nitrogens with zero attached hydrogens (tertiary/aromatic N) is 2. The highest BCUT2D eigenvalue weighted by Crippen LogP contribution is 2.22. The molecular formula is C19H18N4O4. The number of benzene rings is 2. The number of aryl methyl sites for hydroxylation is 2. The molecule has 0 saturated heterocycles. The summed E-state index contributed by atoms with van der Waals surface area (Å²) >= 11 is 0. The number of hydrogen-bond donors (Lipinski definition) is 2. The highest BCUT2D eigenvalue weighted by atomic mass is 16.6. The van der Waals surface area contributed by atoms with Crippen LogP contribution >= 0.6 is 0 Å². The van der Waals surface area contributed by atoms with Gasteiger partial charge in [0.1, 0.15) is 5.82 Å². The van der Waals surface area contributed by atoms with E-state index in [4.69, 9.17) is 0 Å². The zero-order valence-corrected chi connectivity index (χ0v) is 14.7. The van der Waals surface area contributed by atoms with Gasteiger partial charge in [-0.3, -0.25) is 19.7 Å². The molecule has 0 aliphatic heterocycles. The van der Waals surface area contributed by atoms with Crippen molar-refractivity contribution >= 4 is 28.2 Å². The number of nitro benzene ring substituents is 1. The van der Waals surface area contributed by atoms with Crippen molar-refractivity contribution in [2.45, 2.75) is 26.2 Å². The third kappa shape index (κ3) is 4.35. The summed E-state index contributed by atoms with van der Waals surface area (Å²) in [6.45, 7) is 1.64. The summed E-state index contributed by atoms with van der Waals surface area (Å²) in [7, 11) is 0. The summed E-state index contributed by atoms with van der Waals surface area (Å²) in [4.78, 5) is 41.7. The standard InChI is InChI=1S/C19H18N4O4/c1-12-9-10-13(11-16(12)23(26)27)20-18(24)8-4-7-17-21-15-6-3-2-5-14(15)19(25)22-17/h2-3,5-6,9-11H,4,7-8H2,1H3,(H,20,24)(H,21,22,25). The van der Waals surface area contributed by atoms with Gasteiger partial charge in [-0.15, -0.1) is 0 Å². The third-order valence-electron chi connectivity index (χ3n) is 4.17. The second-order valence-corrected chi connectivity index (χ2v) is 6.19. The van der Waals surface area contributed by atoms with Gasteiger partial charge < -0.3 is 10.3 Å². The minimum Gasteiger partial charge on any atom is -0.326 e. The van der Waals surface area contributed by atoms with E-state index >= 15 is 0 Å². The highest BCUT2D eigenvalue weighted by Gasteiger charge is 2.12. The van der Waals surface area contributed by atoms with Crippen molar-refractivity contribution in [3.05, 3.63) is 74.3 Å². The molecule has 2 N–H and O–H groups in total. The molecule has 2 aromatic carbocycles. The molecule has 0 aliphatic rings. The second-order valence-electron chi connectivity index (χ2n) is 6.19. The van der Waals surface area contributed by atoms with Gasteiger partial charge in [-0.2, -0.15) is 0 Å². The predicted octanol–water partition coefficient (Wildman–Crippen LogP) is 3.10. The van der Waals surface area contributed by atoms with E-state index < -0.39 is 4.92 Å². The van der Waals surface area contributed by atoms with Gasteiger partial charge in [0, 0.05) is 30.2 Å². The van der Waals surface area contributed by atoms with Crippen molar-refractivity contribution in [3.63, 3.8) is 0 Å². The predicted molar refractivity (Wildman–Crippen MR) is 102 cm³/mol. The van der Waals surface area contributed by atoms with Gasteiger partial charge >= 0.3 is 0 Å². The summed E-state index contributed by atoms with van der Waals surface area (Å²) in [5.74, 6) is 0.272. The lowest BCUT2D eigenvalue weighted by Gasteiger charge is -2.06. The molecule has 0 fully saturated rings. The maximum atomic E-state index is 12.1. The number of rotatable bonds is 6. The van der Waals surface area contributed by atoms with Crippen LogP contribution in [0.5, 0.6) is 0 Å². The van der Waals surface area contributed by atoms with Gasteiger partial charge in [-0.1, -0.05) is 18.2 Å². The molecular weight excluding hydrogens is 348 g/mol. The monoisotopic (exact) mass is 366 g/mol. The first-order valence-electron chi connectivity index (χ1n) is 8.47. The van der Waals surface area contributed by atoms with E-state index in [0.717, 1.165) is 0 Å². The maximum Gasteiger partial charge on any atom is 0.274 e. The second kappa shape index (κ2) is 7.77. The zero-order valence-electron chi connectivity index (χ0n) is 14.7. The summed E-state index contributed by atoms with van der Waals surface area (Å²) in [6, 6.07) is 11.6. The Labute approximate surface area is 154 Å². The number of carbonyl (C=O) groups is 1. The number of anilines is 1. The largest absolute Gasteiger partial charge is 0.326 e. The number of para-hydroxylation sites is 1. The number of carbonyl (C=O) groups excluding carboxylic acids is 1. The van der Waals surface area contributed by atoms with E-state index in [-0.39, 0.29) is 23.6 Å². The summed E-state index contributed by atoms with van der Waals surface area (Å²) in [6.07, 6.45) is 1.14. The molecule has 1 amide bonds. The third-order valence-corrected chi connectivity index (χ3v) is 4.17. The molecule has 27 heavy (non-hydrogen) atoms.